The van der Waals surface area contributed by atoms with Crippen LogP contribution in [0.15, 0.2) is 0 Å². The summed E-state index contributed by atoms with van der Waals surface area (Å²) < 4.78 is 0. The Bertz CT molecular complexity index is 104. The summed E-state index contributed by atoms with van der Waals surface area (Å²) in [5, 5.41) is 17.5. The zero-order chi connectivity index (χ0) is 8.91. The van der Waals surface area contributed by atoms with Gasteiger partial charge in [0, 0.05) is 18.7 Å². The van der Waals surface area contributed by atoms with Crippen molar-refractivity contribution in [2.24, 2.45) is 0 Å². The normalized spacial score (nSPS) is 12.5. The third-order valence-electron chi connectivity index (χ3n) is 2.07. The molecule has 3 heteroatoms. The molecular weight excluding hydrogens is 142 g/mol. The molecule has 3 nitrogen and oxygen atoms in total. The van der Waals surface area contributed by atoms with Crippen molar-refractivity contribution in [1.82, 2.24) is 4.90 Å². The van der Waals surface area contributed by atoms with Crippen molar-refractivity contribution in [1.29, 1.82) is 0 Å². The van der Waals surface area contributed by atoms with Crippen LogP contribution in [0.3, 0.4) is 0 Å². The highest BCUT2D eigenvalue weighted by molar-refractivity contribution is 4.77. The highest BCUT2D eigenvalue weighted by Crippen LogP contribution is 2.10. The van der Waals surface area contributed by atoms with Gasteiger partial charge in [-0.25, -0.2) is 0 Å². The van der Waals surface area contributed by atoms with Gasteiger partial charge in [0.2, 0.25) is 0 Å². The van der Waals surface area contributed by atoms with Crippen molar-refractivity contribution in [2.75, 3.05) is 26.8 Å². The van der Waals surface area contributed by atoms with Crippen LogP contribution < -0.4 is 0 Å². The second-order valence-corrected chi connectivity index (χ2v) is 3.47. The second-order valence-electron chi connectivity index (χ2n) is 3.47. The predicted molar refractivity (Wildman–Crippen MR) is 45.5 cm³/mol. The molecule has 0 aliphatic rings. The average molecular weight is 161 g/mol. The van der Waals surface area contributed by atoms with Crippen LogP contribution in [0.4, 0.5) is 0 Å². The maximum Gasteiger partial charge on any atom is 0.0609 e. The smallest absolute Gasteiger partial charge is 0.0609 e. The number of hydrogen-bond acceptors (Lipinski definition) is 3. The van der Waals surface area contributed by atoms with Crippen LogP contribution in [0, 0.1) is 0 Å². The Morgan fingerprint density at radius 3 is 2.18 bits per heavy atom. The van der Waals surface area contributed by atoms with Crippen LogP contribution in [-0.4, -0.2) is 47.5 Å². The molecule has 0 saturated heterocycles. The molecular formula is C8H19NO2. The monoisotopic (exact) mass is 161 g/mol. The van der Waals surface area contributed by atoms with Crippen molar-refractivity contribution in [3.05, 3.63) is 0 Å². The van der Waals surface area contributed by atoms with Gasteiger partial charge in [-0.15, -0.1) is 0 Å². The zero-order valence-corrected chi connectivity index (χ0v) is 7.67. The predicted octanol–water partition coefficient (Wildman–Crippen LogP) is 0.0715. The molecule has 0 heterocycles. The van der Waals surface area contributed by atoms with Crippen molar-refractivity contribution >= 4 is 0 Å². The summed E-state index contributed by atoms with van der Waals surface area (Å²) >= 11 is 0. The van der Waals surface area contributed by atoms with E-state index in [9.17, 15) is 0 Å². The minimum Gasteiger partial charge on any atom is -0.396 e. The van der Waals surface area contributed by atoms with Gasteiger partial charge in [-0.1, -0.05) is 0 Å². The van der Waals surface area contributed by atoms with E-state index in [1.54, 1.807) is 0 Å². The molecule has 0 aliphatic heterocycles. The summed E-state index contributed by atoms with van der Waals surface area (Å²) in [7, 11) is 1.95. The van der Waals surface area contributed by atoms with Gasteiger partial charge in [-0.05, 0) is 27.3 Å². The van der Waals surface area contributed by atoms with E-state index in [0.29, 0.717) is 0 Å². The standard InChI is InChI=1S/C8H19NO2/c1-8(2,7-11)9(3)5-4-6-10/h10-11H,4-7H2,1-3H3. The minimum absolute atomic E-state index is 0.148. The molecule has 0 spiro atoms. The van der Waals surface area contributed by atoms with Crippen molar-refractivity contribution in [2.45, 2.75) is 25.8 Å². The Hall–Kier alpha value is -0.120. The van der Waals surface area contributed by atoms with Crippen LogP contribution in [0.25, 0.3) is 0 Å². The molecule has 0 aromatic heterocycles. The first-order valence-electron chi connectivity index (χ1n) is 3.97. The number of likely N-dealkylation sites (N-methyl/N-ethyl adjacent to an activating group) is 1. The van der Waals surface area contributed by atoms with Crippen LogP contribution in [0.5, 0.6) is 0 Å². The van der Waals surface area contributed by atoms with E-state index in [2.05, 4.69) is 0 Å². The second kappa shape index (κ2) is 4.70. The highest BCUT2D eigenvalue weighted by atomic mass is 16.3. The zero-order valence-electron chi connectivity index (χ0n) is 7.67. The minimum atomic E-state index is -0.171. The third kappa shape index (κ3) is 3.70. The Kier molecular flexibility index (Phi) is 4.65. The van der Waals surface area contributed by atoms with Gasteiger partial charge < -0.3 is 10.2 Å². The Morgan fingerprint density at radius 2 is 1.82 bits per heavy atom. The topological polar surface area (TPSA) is 43.7 Å². The molecule has 0 unspecified atom stereocenters. The maximum atomic E-state index is 8.96. The molecule has 2 N–H and O–H groups in total. The van der Waals surface area contributed by atoms with Gasteiger partial charge in [0.25, 0.3) is 0 Å². The molecule has 0 rings (SSSR count). The van der Waals surface area contributed by atoms with E-state index in [0.717, 1.165) is 13.0 Å². The number of aliphatic hydroxyl groups is 2. The van der Waals surface area contributed by atoms with Gasteiger partial charge in [-0.3, -0.25) is 4.90 Å². The lowest BCUT2D eigenvalue weighted by Crippen LogP contribution is -2.44. The number of rotatable bonds is 5. The first kappa shape index (κ1) is 10.9. The number of hydrogen-bond donors (Lipinski definition) is 2. The van der Waals surface area contributed by atoms with Crippen LogP contribution >= 0.6 is 0 Å². The summed E-state index contributed by atoms with van der Waals surface area (Å²) in [6.45, 7) is 5.14. The lowest BCUT2D eigenvalue weighted by Gasteiger charge is -2.33. The first-order chi connectivity index (χ1) is 5.04. The summed E-state index contributed by atoms with van der Waals surface area (Å²) in [5.74, 6) is 0. The Labute approximate surface area is 68.6 Å². The van der Waals surface area contributed by atoms with Crippen LogP contribution in [-0.2, 0) is 0 Å². The van der Waals surface area contributed by atoms with E-state index in [1.165, 1.54) is 0 Å². The van der Waals surface area contributed by atoms with E-state index < -0.39 is 0 Å². The van der Waals surface area contributed by atoms with Gasteiger partial charge in [0.05, 0.1) is 6.61 Å². The van der Waals surface area contributed by atoms with E-state index in [1.807, 2.05) is 25.8 Å². The molecule has 0 amide bonds. The lowest BCUT2D eigenvalue weighted by atomic mass is 10.1. The van der Waals surface area contributed by atoms with E-state index >= 15 is 0 Å². The molecule has 11 heavy (non-hydrogen) atoms. The fourth-order valence-corrected chi connectivity index (χ4v) is 0.731. The molecule has 0 aromatic carbocycles. The number of aliphatic hydroxyl groups excluding tert-OH is 2. The number of nitrogens with zero attached hydrogens (tertiary/aromatic N) is 1. The third-order valence-corrected chi connectivity index (χ3v) is 2.07. The van der Waals surface area contributed by atoms with Gasteiger partial charge in [-0.2, -0.15) is 0 Å². The quantitative estimate of drug-likeness (QED) is 0.600. The highest BCUT2D eigenvalue weighted by Gasteiger charge is 2.21. The lowest BCUT2D eigenvalue weighted by molar-refractivity contribution is 0.0738. The van der Waals surface area contributed by atoms with Gasteiger partial charge in [0.15, 0.2) is 0 Å². The maximum absolute atomic E-state index is 8.96. The summed E-state index contributed by atoms with van der Waals surface area (Å²) in [5.41, 5.74) is -0.171. The van der Waals surface area contributed by atoms with Crippen LogP contribution in [0.2, 0.25) is 0 Å². The van der Waals surface area contributed by atoms with Crippen molar-refractivity contribution in [3.8, 4) is 0 Å². The van der Waals surface area contributed by atoms with Gasteiger partial charge in [0.1, 0.15) is 0 Å². The van der Waals surface area contributed by atoms with E-state index in [4.69, 9.17) is 10.2 Å². The molecule has 0 radical (unpaired) electrons. The first-order valence-corrected chi connectivity index (χ1v) is 3.97. The fraction of sp³-hybridized carbons (Fsp3) is 1.00. The summed E-state index contributed by atoms with van der Waals surface area (Å²) in [6.07, 6.45) is 0.764. The summed E-state index contributed by atoms with van der Waals surface area (Å²) in [6, 6.07) is 0. The molecule has 0 bridgehead atoms. The Balaban J connectivity index is 3.71. The largest absolute Gasteiger partial charge is 0.396 e. The van der Waals surface area contributed by atoms with Crippen molar-refractivity contribution in [3.63, 3.8) is 0 Å². The molecule has 68 valence electrons. The molecule has 0 atom stereocenters. The van der Waals surface area contributed by atoms with Crippen LogP contribution in [0.1, 0.15) is 20.3 Å². The SMILES string of the molecule is CN(CCCO)C(C)(C)CO. The average Bonchev–Trinajstić information content (AvgIpc) is 2.00. The summed E-state index contributed by atoms with van der Waals surface area (Å²) in [4.78, 5) is 2.04. The fourth-order valence-electron chi connectivity index (χ4n) is 0.731. The Morgan fingerprint density at radius 1 is 1.27 bits per heavy atom. The van der Waals surface area contributed by atoms with Gasteiger partial charge >= 0.3 is 0 Å². The molecule has 0 saturated carbocycles. The molecule has 0 aliphatic carbocycles. The molecule has 0 fully saturated rings. The van der Waals surface area contributed by atoms with E-state index in [-0.39, 0.29) is 18.8 Å². The van der Waals surface area contributed by atoms with Crippen molar-refractivity contribution < 1.29 is 10.2 Å². The molecule has 0 aromatic rings.